The Morgan fingerprint density at radius 1 is 1.21 bits per heavy atom. The van der Waals surface area contributed by atoms with Gasteiger partial charge in [0.2, 0.25) is 5.91 Å². The number of nitrogens with one attached hydrogen (secondary N) is 3. The summed E-state index contributed by atoms with van der Waals surface area (Å²) in [7, 11) is 0. The average molecular weight is 378 g/mol. The minimum absolute atomic E-state index is 0.111. The molecular weight excluding hydrogens is 355 g/mol. The second-order valence-electron chi connectivity index (χ2n) is 7.75. The van der Waals surface area contributed by atoms with Gasteiger partial charge in [0.25, 0.3) is 0 Å². The number of benzene rings is 2. The molecule has 5 rings (SSSR count). The summed E-state index contributed by atoms with van der Waals surface area (Å²) in [5, 5.41) is 1.21. The number of nitrogens with zero attached hydrogens (tertiary/aromatic N) is 1. The lowest BCUT2D eigenvalue weighted by molar-refractivity contribution is -0.136. The zero-order valence-corrected chi connectivity index (χ0v) is 15.8. The molecule has 1 fully saturated rings. The smallest absolute Gasteiger partial charge is 0.229 e. The van der Waals surface area contributed by atoms with Crippen molar-refractivity contribution in [3.8, 4) is 0 Å². The van der Waals surface area contributed by atoms with Crippen molar-refractivity contribution in [2.24, 2.45) is 5.92 Å². The Morgan fingerprint density at radius 2 is 2.07 bits per heavy atom. The van der Waals surface area contributed by atoms with Gasteiger partial charge >= 0.3 is 0 Å². The van der Waals surface area contributed by atoms with Crippen LogP contribution >= 0.6 is 0 Å². The third kappa shape index (κ3) is 2.80. The van der Waals surface area contributed by atoms with Crippen molar-refractivity contribution in [3.63, 3.8) is 0 Å². The Labute approximate surface area is 162 Å². The first-order valence-electron chi connectivity index (χ1n) is 9.73. The fourth-order valence-electron chi connectivity index (χ4n) is 4.55. The van der Waals surface area contributed by atoms with Gasteiger partial charge in [-0.1, -0.05) is 30.3 Å². The van der Waals surface area contributed by atoms with Crippen LogP contribution in [0.4, 0.5) is 4.39 Å². The van der Waals surface area contributed by atoms with Crippen LogP contribution in [0.25, 0.3) is 10.9 Å². The molecule has 1 aromatic heterocycles. The highest BCUT2D eigenvalue weighted by Crippen LogP contribution is 2.32. The molecule has 3 N–H and O–H groups in total. The second kappa shape index (κ2) is 6.72. The third-order valence-corrected chi connectivity index (χ3v) is 6.04. The normalized spacial score (nSPS) is 21.9. The number of hydrazine groups is 1. The Hall–Kier alpha value is -2.70. The summed E-state index contributed by atoms with van der Waals surface area (Å²) in [6.45, 7) is 3.96. The minimum atomic E-state index is -0.283. The Balaban J connectivity index is 1.42. The van der Waals surface area contributed by atoms with E-state index in [4.69, 9.17) is 0 Å². The number of hydrogen-bond donors (Lipinski definition) is 3. The SMILES string of the molecule is Cc1cccc2c3c([nH]c12)CCN(C(=O)C1CNNC1c1cccc(F)c1)C3. The van der Waals surface area contributed by atoms with Crippen LogP contribution < -0.4 is 10.9 Å². The van der Waals surface area contributed by atoms with E-state index in [1.807, 2.05) is 11.0 Å². The molecule has 0 saturated carbocycles. The minimum Gasteiger partial charge on any atom is -0.358 e. The van der Waals surface area contributed by atoms with Crippen LogP contribution in [0.15, 0.2) is 42.5 Å². The maximum absolute atomic E-state index is 13.7. The van der Waals surface area contributed by atoms with E-state index in [-0.39, 0.29) is 23.7 Å². The summed E-state index contributed by atoms with van der Waals surface area (Å²) in [5.41, 5.74) is 11.9. The van der Waals surface area contributed by atoms with Crippen molar-refractivity contribution >= 4 is 16.8 Å². The fourth-order valence-corrected chi connectivity index (χ4v) is 4.55. The lowest BCUT2D eigenvalue weighted by atomic mass is 9.92. The van der Waals surface area contributed by atoms with Gasteiger partial charge in [-0.05, 0) is 30.2 Å². The zero-order chi connectivity index (χ0) is 19.3. The molecule has 6 heteroatoms. The number of rotatable bonds is 2. The van der Waals surface area contributed by atoms with Crippen molar-refractivity contribution in [1.82, 2.24) is 20.7 Å². The molecule has 28 heavy (non-hydrogen) atoms. The van der Waals surface area contributed by atoms with Crippen LogP contribution in [0.2, 0.25) is 0 Å². The molecule has 2 aromatic carbocycles. The Morgan fingerprint density at radius 3 is 2.93 bits per heavy atom. The standard InChI is InChI=1S/C22H23FN4O/c1-13-4-2-7-16-18-12-27(9-8-19(18)25-20(13)16)22(28)17-11-24-26-21(17)14-5-3-6-15(23)10-14/h2-7,10,17,21,24-26H,8-9,11-12H2,1H3. The molecule has 2 aliphatic heterocycles. The number of hydrogen-bond acceptors (Lipinski definition) is 3. The molecule has 5 nitrogen and oxygen atoms in total. The van der Waals surface area contributed by atoms with Gasteiger partial charge in [0.05, 0.1) is 12.0 Å². The maximum Gasteiger partial charge on any atom is 0.229 e. The lowest BCUT2D eigenvalue weighted by Gasteiger charge is -2.31. The highest BCUT2D eigenvalue weighted by Gasteiger charge is 2.38. The first-order valence-corrected chi connectivity index (χ1v) is 9.73. The largest absolute Gasteiger partial charge is 0.358 e. The van der Waals surface area contributed by atoms with E-state index < -0.39 is 0 Å². The van der Waals surface area contributed by atoms with Gasteiger partial charge in [0.15, 0.2) is 0 Å². The number of H-pyrrole nitrogens is 1. The molecule has 0 spiro atoms. The van der Waals surface area contributed by atoms with E-state index in [0.717, 1.165) is 12.0 Å². The number of carbonyl (C=O) groups excluding carboxylic acids is 1. The van der Waals surface area contributed by atoms with E-state index in [1.165, 1.54) is 39.9 Å². The molecular formula is C22H23FN4O. The highest BCUT2D eigenvalue weighted by molar-refractivity contribution is 5.88. The summed E-state index contributed by atoms with van der Waals surface area (Å²) in [6, 6.07) is 12.5. The highest BCUT2D eigenvalue weighted by atomic mass is 19.1. The molecule has 1 amide bonds. The van der Waals surface area contributed by atoms with Crippen molar-refractivity contribution in [1.29, 1.82) is 0 Å². The van der Waals surface area contributed by atoms with Crippen molar-refractivity contribution in [2.75, 3.05) is 13.1 Å². The molecule has 3 aromatic rings. The molecule has 3 heterocycles. The van der Waals surface area contributed by atoms with Gasteiger partial charge in [-0.15, -0.1) is 0 Å². The molecule has 0 radical (unpaired) electrons. The van der Waals surface area contributed by atoms with Gasteiger partial charge < -0.3 is 9.88 Å². The number of carbonyl (C=O) groups is 1. The second-order valence-corrected chi connectivity index (χ2v) is 7.75. The van der Waals surface area contributed by atoms with Gasteiger partial charge in [0, 0.05) is 48.2 Å². The van der Waals surface area contributed by atoms with Crippen LogP contribution in [0, 0.1) is 18.7 Å². The summed E-state index contributed by atoms with van der Waals surface area (Å²) >= 11 is 0. The summed E-state index contributed by atoms with van der Waals surface area (Å²) in [4.78, 5) is 18.8. The number of para-hydroxylation sites is 1. The van der Waals surface area contributed by atoms with E-state index >= 15 is 0 Å². The van der Waals surface area contributed by atoms with Gasteiger partial charge in [0.1, 0.15) is 5.82 Å². The predicted octanol–water partition coefficient (Wildman–Crippen LogP) is 2.97. The molecule has 2 aliphatic rings. The monoisotopic (exact) mass is 378 g/mol. The van der Waals surface area contributed by atoms with E-state index in [1.54, 1.807) is 6.07 Å². The van der Waals surface area contributed by atoms with Gasteiger partial charge in [-0.25, -0.2) is 9.82 Å². The van der Waals surface area contributed by atoms with E-state index in [2.05, 4.69) is 41.0 Å². The van der Waals surface area contributed by atoms with Crippen molar-refractivity contribution in [3.05, 3.63) is 70.7 Å². The molecule has 2 unspecified atom stereocenters. The topological polar surface area (TPSA) is 60.2 Å². The maximum atomic E-state index is 13.7. The van der Waals surface area contributed by atoms with E-state index in [0.29, 0.717) is 19.6 Å². The number of halogens is 1. The van der Waals surface area contributed by atoms with Crippen LogP contribution in [0.5, 0.6) is 0 Å². The summed E-state index contributed by atoms with van der Waals surface area (Å²) in [5.74, 6) is -0.427. The van der Waals surface area contributed by atoms with Gasteiger partial charge in [-0.3, -0.25) is 10.2 Å². The fraction of sp³-hybridized carbons (Fsp3) is 0.318. The number of aryl methyl sites for hydroxylation is 1. The first-order chi connectivity index (χ1) is 13.6. The lowest BCUT2D eigenvalue weighted by Crippen LogP contribution is -2.42. The number of fused-ring (bicyclic) bond motifs is 3. The predicted molar refractivity (Wildman–Crippen MR) is 106 cm³/mol. The van der Waals surface area contributed by atoms with Crippen LogP contribution in [-0.2, 0) is 17.8 Å². The molecule has 0 bridgehead atoms. The quantitative estimate of drug-likeness (QED) is 0.643. The molecule has 0 aliphatic carbocycles. The molecule has 144 valence electrons. The number of aromatic nitrogens is 1. The summed E-state index contributed by atoms with van der Waals surface area (Å²) in [6.07, 6.45) is 0.827. The van der Waals surface area contributed by atoms with E-state index in [9.17, 15) is 9.18 Å². The third-order valence-electron chi connectivity index (χ3n) is 6.04. The Kier molecular flexibility index (Phi) is 4.18. The van der Waals surface area contributed by atoms with Crippen molar-refractivity contribution in [2.45, 2.75) is 25.9 Å². The van der Waals surface area contributed by atoms with Crippen LogP contribution in [0.1, 0.15) is 28.4 Å². The van der Waals surface area contributed by atoms with Crippen LogP contribution in [-0.4, -0.2) is 28.9 Å². The number of aromatic amines is 1. The first kappa shape index (κ1) is 17.4. The van der Waals surface area contributed by atoms with Crippen LogP contribution in [0.3, 0.4) is 0 Å². The Bertz CT molecular complexity index is 1060. The van der Waals surface area contributed by atoms with Crippen molar-refractivity contribution < 1.29 is 9.18 Å². The number of amides is 1. The molecule has 1 saturated heterocycles. The zero-order valence-electron chi connectivity index (χ0n) is 15.8. The van der Waals surface area contributed by atoms with Gasteiger partial charge in [-0.2, -0.15) is 0 Å². The average Bonchev–Trinajstić information content (AvgIpc) is 3.33. The summed E-state index contributed by atoms with van der Waals surface area (Å²) < 4.78 is 13.7. The molecule has 2 atom stereocenters.